The second kappa shape index (κ2) is 12.2. The molecule has 0 aromatic heterocycles. The first kappa shape index (κ1) is 24.5. The zero-order valence-corrected chi connectivity index (χ0v) is 19.4. The smallest absolute Gasteiger partial charge is 0.337 e. The van der Waals surface area contributed by atoms with Crippen LogP contribution in [0.4, 0.5) is 4.79 Å². The van der Waals surface area contributed by atoms with Crippen LogP contribution in [0.1, 0.15) is 46.0 Å². The number of nitrogens with two attached hydrogens (primary N) is 1. The summed E-state index contributed by atoms with van der Waals surface area (Å²) >= 11 is 0. The van der Waals surface area contributed by atoms with Gasteiger partial charge in [0.15, 0.2) is 0 Å². The van der Waals surface area contributed by atoms with Crippen LogP contribution in [0.2, 0.25) is 0 Å². The maximum Gasteiger partial charge on any atom is 0.337 e. The second-order valence-corrected chi connectivity index (χ2v) is 7.81. The third kappa shape index (κ3) is 7.20. The van der Waals surface area contributed by atoms with Crippen molar-refractivity contribution in [1.29, 1.82) is 0 Å². The van der Waals surface area contributed by atoms with Crippen LogP contribution in [0.3, 0.4) is 0 Å². The molecule has 176 valence electrons. The number of carbonyl (C=O) groups is 2. The van der Waals surface area contributed by atoms with E-state index in [4.69, 9.17) is 15.2 Å². The number of primary amides is 1. The van der Waals surface area contributed by atoms with Crippen LogP contribution in [0.25, 0.3) is 0 Å². The van der Waals surface area contributed by atoms with Crippen molar-refractivity contribution in [3.63, 3.8) is 0 Å². The van der Waals surface area contributed by atoms with Gasteiger partial charge in [0, 0.05) is 0 Å². The van der Waals surface area contributed by atoms with Crippen LogP contribution in [-0.4, -0.2) is 24.8 Å². The first-order valence-electron chi connectivity index (χ1n) is 11.0. The molecule has 7 heteroatoms. The van der Waals surface area contributed by atoms with Gasteiger partial charge in [0.2, 0.25) is 0 Å². The number of amides is 2. The zero-order valence-electron chi connectivity index (χ0n) is 19.4. The van der Waals surface area contributed by atoms with Crippen LogP contribution in [0.5, 0.6) is 5.75 Å². The summed E-state index contributed by atoms with van der Waals surface area (Å²) in [5, 5.41) is 4.03. The highest BCUT2D eigenvalue weighted by Gasteiger charge is 2.10. The summed E-state index contributed by atoms with van der Waals surface area (Å²) in [6, 6.07) is 22.6. The summed E-state index contributed by atoms with van der Waals surface area (Å²) in [5.41, 5.74) is 12.7. The van der Waals surface area contributed by atoms with Crippen molar-refractivity contribution in [2.24, 2.45) is 10.8 Å². The quantitative estimate of drug-likeness (QED) is 0.262. The highest BCUT2D eigenvalue weighted by Crippen LogP contribution is 2.24. The van der Waals surface area contributed by atoms with Crippen molar-refractivity contribution in [1.82, 2.24) is 5.43 Å². The monoisotopic (exact) mass is 459 g/mol. The van der Waals surface area contributed by atoms with Gasteiger partial charge in [0.1, 0.15) is 12.4 Å². The Labute approximate surface area is 199 Å². The number of nitrogens with zero attached hydrogens (tertiary/aromatic N) is 1. The molecule has 0 saturated heterocycles. The molecule has 0 aliphatic rings. The number of hydrogen-bond acceptors (Lipinski definition) is 5. The molecular weight excluding hydrogens is 430 g/mol. The number of carbonyl (C=O) groups excluding carboxylic acids is 2. The van der Waals surface area contributed by atoms with E-state index in [2.05, 4.69) is 10.5 Å². The Morgan fingerprint density at radius 1 is 0.912 bits per heavy atom. The maximum atomic E-state index is 11.6. The summed E-state index contributed by atoms with van der Waals surface area (Å²) in [5.74, 6) is 0.468. The van der Waals surface area contributed by atoms with Gasteiger partial charge in [-0.15, -0.1) is 0 Å². The van der Waals surface area contributed by atoms with E-state index in [1.807, 2.05) is 67.6 Å². The Hall–Kier alpha value is -4.13. The summed E-state index contributed by atoms with van der Waals surface area (Å²) in [7, 11) is 1.37. The molecule has 7 nitrogen and oxygen atoms in total. The maximum absolute atomic E-state index is 11.6. The normalized spacial score (nSPS) is 11.1. The fourth-order valence-corrected chi connectivity index (χ4v) is 3.49. The van der Waals surface area contributed by atoms with Crippen molar-refractivity contribution in [2.45, 2.75) is 32.8 Å². The highest BCUT2D eigenvalue weighted by molar-refractivity contribution is 5.99. The summed E-state index contributed by atoms with van der Waals surface area (Å²) in [6.45, 7) is 2.28. The van der Waals surface area contributed by atoms with E-state index in [1.165, 1.54) is 7.11 Å². The van der Waals surface area contributed by atoms with Crippen LogP contribution in [-0.2, 0) is 24.2 Å². The number of urea groups is 1. The van der Waals surface area contributed by atoms with Gasteiger partial charge in [-0.05, 0) is 78.8 Å². The average Bonchev–Trinajstić information content (AvgIpc) is 2.87. The number of hydrazone groups is 1. The van der Waals surface area contributed by atoms with Gasteiger partial charge in [0.25, 0.3) is 0 Å². The fourth-order valence-electron chi connectivity index (χ4n) is 3.49. The van der Waals surface area contributed by atoms with Gasteiger partial charge in [-0.3, -0.25) is 0 Å². The Kier molecular flexibility index (Phi) is 8.80. The molecule has 3 aromatic carbocycles. The number of methoxy groups -OCH3 is 1. The molecule has 0 saturated carbocycles. The van der Waals surface area contributed by atoms with Gasteiger partial charge >= 0.3 is 12.0 Å². The van der Waals surface area contributed by atoms with Crippen molar-refractivity contribution >= 4 is 17.7 Å². The van der Waals surface area contributed by atoms with Gasteiger partial charge in [-0.1, -0.05) is 42.5 Å². The van der Waals surface area contributed by atoms with E-state index in [0.717, 1.165) is 47.3 Å². The van der Waals surface area contributed by atoms with Crippen molar-refractivity contribution in [3.05, 3.63) is 101 Å². The van der Waals surface area contributed by atoms with E-state index in [1.54, 1.807) is 12.1 Å². The minimum absolute atomic E-state index is 0.341. The molecule has 3 aromatic rings. The number of hydrogen-bond donors (Lipinski definition) is 2. The molecule has 0 unspecified atom stereocenters. The van der Waals surface area contributed by atoms with Crippen LogP contribution < -0.4 is 15.9 Å². The number of rotatable bonds is 10. The van der Waals surface area contributed by atoms with Gasteiger partial charge in [-0.2, -0.15) is 5.10 Å². The molecule has 0 radical (unpaired) electrons. The molecule has 2 amide bonds. The van der Waals surface area contributed by atoms with Crippen LogP contribution in [0.15, 0.2) is 77.9 Å². The lowest BCUT2D eigenvalue weighted by Gasteiger charge is -2.14. The largest absolute Gasteiger partial charge is 0.489 e. The minimum atomic E-state index is -0.708. The van der Waals surface area contributed by atoms with E-state index < -0.39 is 6.03 Å². The van der Waals surface area contributed by atoms with E-state index in [-0.39, 0.29) is 5.97 Å². The van der Waals surface area contributed by atoms with Gasteiger partial charge in [0.05, 0.1) is 18.4 Å². The highest BCUT2D eigenvalue weighted by atomic mass is 16.5. The molecule has 0 spiro atoms. The second-order valence-electron chi connectivity index (χ2n) is 7.81. The van der Waals surface area contributed by atoms with Crippen LogP contribution in [0, 0.1) is 0 Å². The lowest BCUT2D eigenvalue weighted by atomic mass is 9.99. The summed E-state index contributed by atoms with van der Waals surface area (Å²) in [4.78, 5) is 22.6. The Morgan fingerprint density at radius 3 is 2.29 bits per heavy atom. The number of ether oxygens (including phenoxy) is 2. The third-order valence-corrected chi connectivity index (χ3v) is 5.34. The number of aryl methyl sites for hydroxylation is 2. The molecule has 0 heterocycles. The first-order valence-corrected chi connectivity index (χ1v) is 11.0. The lowest BCUT2D eigenvalue weighted by molar-refractivity contribution is 0.0600. The minimum Gasteiger partial charge on any atom is -0.489 e. The van der Waals surface area contributed by atoms with E-state index in [0.29, 0.717) is 17.9 Å². The number of esters is 1. The Bertz CT molecular complexity index is 1140. The molecule has 0 aliphatic heterocycles. The molecule has 0 atom stereocenters. The van der Waals surface area contributed by atoms with Crippen molar-refractivity contribution in [2.75, 3.05) is 7.11 Å². The summed E-state index contributed by atoms with van der Waals surface area (Å²) < 4.78 is 10.9. The number of nitrogens with one attached hydrogen (secondary N) is 1. The topological polar surface area (TPSA) is 103 Å². The molecule has 3 rings (SSSR count). The van der Waals surface area contributed by atoms with Crippen LogP contribution >= 0.6 is 0 Å². The SMILES string of the molecule is COC(=O)c1ccc(CCCc2cc(C(C)=NNC(N)=O)ccc2OCc2ccccc2)cc1. The number of benzene rings is 3. The molecule has 0 aliphatic carbocycles. The summed E-state index contributed by atoms with van der Waals surface area (Å²) in [6.07, 6.45) is 2.52. The molecule has 34 heavy (non-hydrogen) atoms. The van der Waals surface area contributed by atoms with Crippen molar-refractivity contribution < 1.29 is 19.1 Å². The predicted octanol–water partition coefficient (Wildman–Crippen LogP) is 4.62. The third-order valence-electron chi connectivity index (χ3n) is 5.34. The standard InChI is InChI=1S/C27H29N3O4/c1-19(29-30-27(28)32)23-15-16-25(34-18-21-7-4-3-5-8-21)24(17-23)10-6-9-20-11-13-22(14-12-20)26(31)33-2/h3-5,7-8,11-17H,6,9-10,18H2,1-2H3,(H3,28,30,32). The van der Waals surface area contributed by atoms with Gasteiger partial charge < -0.3 is 15.2 Å². The molecular formula is C27H29N3O4. The predicted molar refractivity (Wildman–Crippen MR) is 132 cm³/mol. The lowest BCUT2D eigenvalue weighted by Crippen LogP contribution is -2.25. The van der Waals surface area contributed by atoms with Gasteiger partial charge in [-0.25, -0.2) is 15.0 Å². The zero-order chi connectivity index (χ0) is 24.3. The fraction of sp³-hybridized carbons (Fsp3) is 0.222. The van der Waals surface area contributed by atoms with E-state index >= 15 is 0 Å². The Balaban J connectivity index is 1.72. The Morgan fingerprint density at radius 2 is 1.62 bits per heavy atom. The molecule has 0 fully saturated rings. The molecule has 3 N–H and O–H groups in total. The van der Waals surface area contributed by atoms with E-state index in [9.17, 15) is 9.59 Å². The van der Waals surface area contributed by atoms with Crippen molar-refractivity contribution in [3.8, 4) is 5.75 Å². The average molecular weight is 460 g/mol. The first-order chi connectivity index (χ1) is 16.5. The molecule has 0 bridgehead atoms.